The molecule has 4 heteroatoms. The van der Waals surface area contributed by atoms with E-state index in [0.717, 1.165) is 31.8 Å². The van der Waals surface area contributed by atoms with Gasteiger partial charge in [0.25, 0.3) is 0 Å². The third kappa shape index (κ3) is 1.46. The first-order chi connectivity index (χ1) is 6.22. The Hall–Kier alpha value is -0.900. The van der Waals surface area contributed by atoms with Gasteiger partial charge in [-0.2, -0.15) is 5.10 Å². The fraction of sp³-hybridized carbons (Fsp3) is 0.778. The van der Waals surface area contributed by atoms with E-state index in [-0.39, 0.29) is 5.41 Å². The molecule has 0 saturated carbocycles. The second kappa shape index (κ2) is 3.10. The molecule has 0 amide bonds. The topological polar surface area (TPSA) is 42.7 Å². The van der Waals surface area contributed by atoms with Crippen molar-refractivity contribution in [3.8, 4) is 0 Å². The molecule has 1 aromatic heterocycles. The van der Waals surface area contributed by atoms with Crippen molar-refractivity contribution in [2.24, 2.45) is 7.05 Å². The summed E-state index contributed by atoms with van der Waals surface area (Å²) in [7, 11) is 1.97. The SMILES string of the molecule is Cn1ncnc1C1(C)CCNCC1. The largest absolute Gasteiger partial charge is 0.317 e. The highest BCUT2D eigenvalue weighted by atomic mass is 15.3. The van der Waals surface area contributed by atoms with E-state index in [1.807, 2.05) is 11.7 Å². The van der Waals surface area contributed by atoms with E-state index in [4.69, 9.17) is 0 Å². The van der Waals surface area contributed by atoms with Gasteiger partial charge in [0.05, 0.1) is 0 Å². The molecule has 1 aliphatic heterocycles. The van der Waals surface area contributed by atoms with Gasteiger partial charge >= 0.3 is 0 Å². The lowest BCUT2D eigenvalue weighted by molar-refractivity contribution is 0.309. The van der Waals surface area contributed by atoms with Gasteiger partial charge in [-0.05, 0) is 25.9 Å². The molecule has 2 heterocycles. The Labute approximate surface area is 78.4 Å². The Balaban J connectivity index is 2.27. The number of nitrogens with zero attached hydrogens (tertiary/aromatic N) is 3. The first-order valence-corrected chi connectivity index (χ1v) is 4.78. The number of nitrogens with one attached hydrogen (secondary N) is 1. The van der Waals surface area contributed by atoms with Gasteiger partial charge in [-0.1, -0.05) is 6.92 Å². The predicted molar refractivity (Wildman–Crippen MR) is 50.5 cm³/mol. The van der Waals surface area contributed by atoms with E-state index >= 15 is 0 Å². The molecule has 13 heavy (non-hydrogen) atoms. The molecule has 0 radical (unpaired) electrons. The molecule has 1 fully saturated rings. The molecule has 1 aliphatic rings. The van der Waals surface area contributed by atoms with Gasteiger partial charge in [-0.25, -0.2) is 4.98 Å². The van der Waals surface area contributed by atoms with E-state index < -0.39 is 0 Å². The number of piperidine rings is 1. The Morgan fingerprint density at radius 3 is 2.69 bits per heavy atom. The van der Waals surface area contributed by atoms with Crippen LogP contribution in [-0.4, -0.2) is 27.9 Å². The van der Waals surface area contributed by atoms with E-state index in [2.05, 4.69) is 22.3 Å². The van der Waals surface area contributed by atoms with Crippen molar-refractivity contribution in [2.75, 3.05) is 13.1 Å². The van der Waals surface area contributed by atoms with E-state index in [1.165, 1.54) is 0 Å². The molecule has 0 aromatic carbocycles. The maximum Gasteiger partial charge on any atom is 0.138 e. The summed E-state index contributed by atoms with van der Waals surface area (Å²) in [5, 5.41) is 7.49. The molecule has 1 saturated heterocycles. The molecule has 0 spiro atoms. The fourth-order valence-corrected chi connectivity index (χ4v) is 2.04. The molecule has 4 nitrogen and oxygen atoms in total. The Kier molecular flexibility index (Phi) is 2.07. The molecule has 0 bridgehead atoms. The van der Waals surface area contributed by atoms with Crippen molar-refractivity contribution in [1.29, 1.82) is 0 Å². The summed E-state index contributed by atoms with van der Waals surface area (Å²) in [6, 6.07) is 0. The highest BCUT2D eigenvalue weighted by Crippen LogP contribution is 2.30. The average molecular weight is 180 g/mol. The highest BCUT2D eigenvalue weighted by molar-refractivity contribution is 5.07. The van der Waals surface area contributed by atoms with Crippen molar-refractivity contribution < 1.29 is 0 Å². The van der Waals surface area contributed by atoms with Crippen LogP contribution in [0.4, 0.5) is 0 Å². The molecule has 72 valence electrons. The van der Waals surface area contributed by atoms with E-state index in [9.17, 15) is 0 Å². The van der Waals surface area contributed by atoms with Crippen LogP contribution in [-0.2, 0) is 12.5 Å². The Morgan fingerprint density at radius 1 is 1.46 bits per heavy atom. The smallest absolute Gasteiger partial charge is 0.138 e. The summed E-state index contributed by atoms with van der Waals surface area (Å²) < 4.78 is 1.89. The number of aromatic nitrogens is 3. The third-order valence-electron chi connectivity index (χ3n) is 2.96. The van der Waals surface area contributed by atoms with Gasteiger partial charge in [0.1, 0.15) is 12.2 Å². The lowest BCUT2D eigenvalue weighted by Crippen LogP contribution is -2.39. The van der Waals surface area contributed by atoms with E-state index in [1.54, 1.807) is 6.33 Å². The van der Waals surface area contributed by atoms with Crippen LogP contribution in [0, 0.1) is 0 Å². The minimum atomic E-state index is 0.219. The quantitative estimate of drug-likeness (QED) is 0.682. The van der Waals surface area contributed by atoms with Gasteiger partial charge in [0.2, 0.25) is 0 Å². The lowest BCUT2D eigenvalue weighted by atomic mass is 9.80. The maximum absolute atomic E-state index is 4.34. The standard InChI is InChI=1S/C9H16N4/c1-9(3-5-10-6-4-9)8-11-7-12-13(8)2/h7,10H,3-6H2,1-2H3. The fourth-order valence-electron chi connectivity index (χ4n) is 2.04. The van der Waals surface area contributed by atoms with Crippen LogP contribution < -0.4 is 5.32 Å². The summed E-state index contributed by atoms with van der Waals surface area (Å²) >= 11 is 0. The second-order valence-corrected chi connectivity index (χ2v) is 4.02. The molecular weight excluding hydrogens is 164 g/mol. The average Bonchev–Trinajstić information content (AvgIpc) is 2.53. The molecule has 1 aromatic rings. The zero-order valence-electron chi connectivity index (χ0n) is 8.25. The number of hydrogen-bond donors (Lipinski definition) is 1. The lowest BCUT2D eigenvalue weighted by Gasteiger charge is -2.32. The number of aryl methyl sites for hydroxylation is 1. The van der Waals surface area contributed by atoms with Crippen LogP contribution in [0.2, 0.25) is 0 Å². The van der Waals surface area contributed by atoms with Gasteiger partial charge in [0, 0.05) is 12.5 Å². The highest BCUT2D eigenvalue weighted by Gasteiger charge is 2.32. The number of hydrogen-bond acceptors (Lipinski definition) is 3. The number of rotatable bonds is 1. The summed E-state index contributed by atoms with van der Waals surface area (Å²) in [6.45, 7) is 4.45. The Morgan fingerprint density at radius 2 is 2.15 bits per heavy atom. The Bertz CT molecular complexity index is 286. The summed E-state index contributed by atoms with van der Waals surface area (Å²) in [6.07, 6.45) is 3.95. The second-order valence-electron chi connectivity index (χ2n) is 4.02. The van der Waals surface area contributed by atoms with Crippen LogP contribution in [0.5, 0.6) is 0 Å². The van der Waals surface area contributed by atoms with Gasteiger partial charge in [-0.3, -0.25) is 4.68 Å². The van der Waals surface area contributed by atoms with Crippen LogP contribution in [0.3, 0.4) is 0 Å². The minimum Gasteiger partial charge on any atom is -0.317 e. The van der Waals surface area contributed by atoms with Gasteiger partial charge < -0.3 is 5.32 Å². The molecule has 0 unspecified atom stereocenters. The zero-order valence-corrected chi connectivity index (χ0v) is 8.25. The van der Waals surface area contributed by atoms with Crippen molar-refractivity contribution in [2.45, 2.75) is 25.2 Å². The van der Waals surface area contributed by atoms with Crippen LogP contribution in [0.25, 0.3) is 0 Å². The van der Waals surface area contributed by atoms with Crippen molar-refractivity contribution in [3.05, 3.63) is 12.2 Å². The summed E-state index contributed by atoms with van der Waals surface area (Å²) in [4.78, 5) is 4.34. The van der Waals surface area contributed by atoms with Crippen molar-refractivity contribution in [1.82, 2.24) is 20.1 Å². The minimum absolute atomic E-state index is 0.219. The maximum atomic E-state index is 4.34. The monoisotopic (exact) mass is 180 g/mol. The third-order valence-corrected chi connectivity index (χ3v) is 2.96. The molecule has 0 aliphatic carbocycles. The first kappa shape index (κ1) is 8.69. The van der Waals surface area contributed by atoms with Gasteiger partial charge in [0.15, 0.2) is 0 Å². The van der Waals surface area contributed by atoms with Crippen LogP contribution in [0.15, 0.2) is 6.33 Å². The van der Waals surface area contributed by atoms with Crippen molar-refractivity contribution in [3.63, 3.8) is 0 Å². The molecule has 1 N–H and O–H groups in total. The molecular formula is C9H16N4. The summed E-state index contributed by atoms with van der Waals surface area (Å²) in [5.41, 5.74) is 0.219. The van der Waals surface area contributed by atoms with E-state index in [0.29, 0.717) is 0 Å². The zero-order chi connectivity index (χ0) is 9.31. The molecule has 2 rings (SSSR count). The predicted octanol–water partition coefficient (Wildman–Crippen LogP) is 0.456. The van der Waals surface area contributed by atoms with Crippen LogP contribution in [0.1, 0.15) is 25.6 Å². The normalized spacial score (nSPS) is 21.7. The summed E-state index contributed by atoms with van der Waals surface area (Å²) in [5.74, 6) is 1.12. The van der Waals surface area contributed by atoms with Gasteiger partial charge in [-0.15, -0.1) is 0 Å². The molecule has 0 atom stereocenters. The van der Waals surface area contributed by atoms with Crippen molar-refractivity contribution >= 4 is 0 Å². The van der Waals surface area contributed by atoms with Crippen LogP contribution >= 0.6 is 0 Å². The first-order valence-electron chi connectivity index (χ1n) is 4.78.